The van der Waals surface area contributed by atoms with Gasteiger partial charge in [-0.3, -0.25) is 14.1 Å². The quantitative estimate of drug-likeness (QED) is 0.567. The highest BCUT2D eigenvalue weighted by molar-refractivity contribution is 7.60. The molecule has 0 saturated carbocycles. The predicted molar refractivity (Wildman–Crippen MR) is 57.0 cm³/mol. The van der Waals surface area contributed by atoms with E-state index < -0.39 is 15.2 Å². The highest BCUT2D eigenvalue weighted by atomic mass is 31.2. The molecular formula is C7H9NO6P2. The molecule has 0 spiro atoms. The van der Waals surface area contributed by atoms with Gasteiger partial charge >= 0.3 is 15.2 Å². The Morgan fingerprint density at radius 3 is 2.31 bits per heavy atom. The van der Waals surface area contributed by atoms with Crippen LogP contribution in [0.1, 0.15) is 5.69 Å². The van der Waals surface area contributed by atoms with Gasteiger partial charge in [0.25, 0.3) is 0 Å². The lowest BCUT2D eigenvalue weighted by Crippen LogP contribution is -2.09. The second-order valence-electron chi connectivity index (χ2n) is 2.86. The van der Waals surface area contributed by atoms with Crippen LogP contribution in [0.4, 0.5) is 0 Å². The normalized spacial score (nSPS) is 13.2. The van der Waals surface area contributed by atoms with Crippen LogP contribution in [0.15, 0.2) is 24.1 Å². The second-order valence-corrected chi connectivity index (χ2v) is 5.90. The first-order valence-electron chi connectivity index (χ1n) is 3.96. The van der Waals surface area contributed by atoms with Crippen molar-refractivity contribution in [3.05, 3.63) is 29.8 Å². The summed E-state index contributed by atoms with van der Waals surface area (Å²) in [5, 5.41) is -0.375. The van der Waals surface area contributed by atoms with Gasteiger partial charge in [0, 0.05) is 12.0 Å². The molecule has 0 bridgehead atoms. The summed E-state index contributed by atoms with van der Waals surface area (Å²) in [6, 6.07) is 2.47. The first kappa shape index (κ1) is 13.3. The maximum absolute atomic E-state index is 11.0. The number of nitrogens with zero attached hydrogens (tertiary/aromatic N) is 1. The summed E-state index contributed by atoms with van der Waals surface area (Å²) in [5.74, 6) is 0.536. The van der Waals surface area contributed by atoms with E-state index in [0.717, 1.165) is 12.1 Å². The largest absolute Gasteiger partial charge is 0.358 e. The van der Waals surface area contributed by atoms with E-state index in [2.05, 4.69) is 4.98 Å². The van der Waals surface area contributed by atoms with Gasteiger partial charge in [-0.1, -0.05) is 0 Å². The molecular weight excluding hydrogens is 256 g/mol. The highest BCUT2D eigenvalue weighted by Crippen LogP contribution is 2.38. The molecule has 0 unspecified atom stereocenters. The lowest BCUT2D eigenvalue weighted by molar-refractivity contribution is 0.384. The molecule has 7 nitrogen and oxygen atoms in total. The molecule has 1 rings (SSSR count). The predicted octanol–water partition coefficient (Wildman–Crippen LogP) is 0.0330. The van der Waals surface area contributed by atoms with Gasteiger partial charge in [0.2, 0.25) is 0 Å². The van der Waals surface area contributed by atoms with Crippen LogP contribution < -0.4 is 5.30 Å². The van der Waals surface area contributed by atoms with Gasteiger partial charge in [-0.25, -0.2) is 0 Å². The Labute approximate surface area is 90.8 Å². The van der Waals surface area contributed by atoms with Crippen LogP contribution in [0.5, 0.6) is 0 Å². The molecule has 0 aliphatic heterocycles. The molecule has 9 heteroatoms. The fourth-order valence-corrected chi connectivity index (χ4v) is 2.00. The van der Waals surface area contributed by atoms with E-state index in [1.54, 1.807) is 0 Å². The van der Waals surface area contributed by atoms with E-state index in [4.69, 9.17) is 19.6 Å². The average Bonchev–Trinajstić information content (AvgIpc) is 2.12. The summed E-state index contributed by atoms with van der Waals surface area (Å²) in [5.41, 5.74) is -0.167. The highest BCUT2D eigenvalue weighted by Gasteiger charge is 2.21. The average molecular weight is 265 g/mol. The molecule has 0 aromatic carbocycles. The fourth-order valence-electron chi connectivity index (χ4n) is 0.951. The summed E-state index contributed by atoms with van der Waals surface area (Å²) in [7, 11) is -8.88. The van der Waals surface area contributed by atoms with E-state index in [-0.39, 0.29) is 11.0 Å². The maximum Gasteiger partial charge on any atom is 0.358 e. The molecule has 0 aliphatic carbocycles. The zero-order chi connectivity index (χ0) is 12.4. The van der Waals surface area contributed by atoms with Crippen molar-refractivity contribution < 1.29 is 28.7 Å². The van der Waals surface area contributed by atoms with Crippen LogP contribution in [0.25, 0.3) is 6.08 Å². The third kappa shape index (κ3) is 3.98. The third-order valence-corrected chi connectivity index (χ3v) is 3.10. The first-order valence-corrected chi connectivity index (χ1v) is 7.25. The van der Waals surface area contributed by atoms with Crippen molar-refractivity contribution in [2.24, 2.45) is 0 Å². The van der Waals surface area contributed by atoms with E-state index in [9.17, 15) is 9.13 Å². The van der Waals surface area contributed by atoms with Crippen molar-refractivity contribution >= 4 is 26.6 Å². The van der Waals surface area contributed by atoms with Gasteiger partial charge in [-0.2, -0.15) is 0 Å². The molecule has 1 aromatic rings. The molecule has 0 amide bonds. The second kappa shape index (κ2) is 4.59. The molecule has 1 aromatic heterocycles. The van der Waals surface area contributed by atoms with Crippen molar-refractivity contribution in [1.29, 1.82) is 0 Å². The van der Waals surface area contributed by atoms with Crippen molar-refractivity contribution in [3.8, 4) is 0 Å². The van der Waals surface area contributed by atoms with Crippen LogP contribution in [-0.2, 0) is 9.13 Å². The summed E-state index contributed by atoms with van der Waals surface area (Å²) in [6.07, 6.45) is 2.15. The van der Waals surface area contributed by atoms with Gasteiger partial charge in [0.15, 0.2) is 0 Å². The molecule has 1 heterocycles. The van der Waals surface area contributed by atoms with Gasteiger partial charge in [-0.15, -0.1) is 0 Å². The van der Waals surface area contributed by atoms with Crippen molar-refractivity contribution in [2.45, 2.75) is 0 Å². The monoisotopic (exact) mass is 265 g/mol. The minimum Gasteiger partial charge on any atom is -0.321 e. The minimum atomic E-state index is -4.50. The zero-order valence-corrected chi connectivity index (χ0v) is 9.62. The summed E-state index contributed by atoms with van der Waals surface area (Å²) >= 11 is 0. The minimum absolute atomic E-state index is 0.167. The number of hydrogen-bond donors (Lipinski definition) is 4. The van der Waals surface area contributed by atoms with E-state index >= 15 is 0 Å². The molecule has 0 fully saturated rings. The Kier molecular flexibility index (Phi) is 3.80. The molecule has 88 valence electrons. The van der Waals surface area contributed by atoms with Crippen LogP contribution in [-0.4, -0.2) is 24.6 Å². The SMILES string of the molecule is O=P(O)(O)C=Cc1ncccc1P(=O)(O)O. The molecule has 0 saturated heterocycles. The molecule has 4 N–H and O–H groups in total. The lowest BCUT2D eigenvalue weighted by atomic mass is 10.3. The van der Waals surface area contributed by atoms with E-state index in [1.165, 1.54) is 12.3 Å². The fraction of sp³-hybridized carbons (Fsp3) is 0. The molecule has 16 heavy (non-hydrogen) atoms. The van der Waals surface area contributed by atoms with Crippen molar-refractivity contribution in [1.82, 2.24) is 4.98 Å². The zero-order valence-electron chi connectivity index (χ0n) is 7.83. The van der Waals surface area contributed by atoms with Gasteiger partial charge in [0.1, 0.15) is 0 Å². The number of rotatable bonds is 3. The van der Waals surface area contributed by atoms with Crippen LogP contribution in [0, 0.1) is 0 Å². The summed E-state index contributed by atoms with van der Waals surface area (Å²) < 4.78 is 21.6. The van der Waals surface area contributed by atoms with Crippen LogP contribution >= 0.6 is 15.2 Å². The van der Waals surface area contributed by atoms with Gasteiger partial charge in [0.05, 0.1) is 11.0 Å². The van der Waals surface area contributed by atoms with Crippen molar-refractivity contribution in [2.75, 3.05) is 0 Å². The van der Waals surface area contributed by atoms with E-state index in [0.29, 0.717) is 5.82 Å². The lowest BCUT2D eigenvalue weighted by Gasteiger charge is -2.06. The Bertz CT molecular complexity index is 501. The van der Waals surface area contributed by atoms with Gasteiger partial charge in [-0.05, 0) is 18.2 Å². The Morgan fingerprint density at radius 1 is 1.19 bits per heavy atom. The van der Waals surface area contributed by atoms with Crippen molar-refractivity contribution in [3.63, 3.8) is 0 Å². The molecule has 0 atom stereocenters. The molecule has 0 aliphatic rings. The Balaban J connectivity index is 3.21. The number of pyridine rings is 1. The first-order chi connectivity index (χ1) is 7.20. The maximum atomic E-state index is 11.0. The third-order valence-electron chi connectivity index (χ3n) is 1.56. The van der Waals surface area contributed by atoms with Gasteiger partial charge < -0.3 is 19.6 Å². The smallest absolute Gasteiger partial charge is 0.321 e. The summed E-state index contributed by atoms with van der Waals surface area (Å²) in [6.45, 7) is 0. The molecule has 0 radical (unpaired) electrons. The number of aromatic nitrogens is 1. The van der Waals surface area contributed by atoms with Crippen LogP contribution in [0.3, 0.4) is 0 Å². The Hall–Kier alpha value is -0.810. The van der Waals surface area contributed by atoms with Crippen LogP contribution in [0.2, 0.25) is 0 Å². The topological polar surface area (TPSA) is 128 Å². The Morgan fingerprint density at radius 2 is 1.81 bits per heavy atom. The van der Waals surface area contributed by atoms with E-state index in [1.807, 2.05) is 0 Å². The summed E-state index contributed by atoms with van der Waals surface area (Å²) in [4.78, 5) is 38.7. The standard InChI is InChI=1S/C7H9NO6P2/c9-15(10,11)5-3-6-7(16(12,13)14)2-1-4-8-6/h1-5H,(H2,9,10,11)(H2,12,13,14). The number of hydrogen-bond acceptors (Lipinski definition) is 3.